The van der Waals surface area contributed by atoms with Crippen LogP contribution in [0.15, 0.2) is 24.3 Å². The Hall–Kier alpha value is -1.24. The molecular weight excluding hydrogens is 302 g/mol. The fraction of sp³-hybridized carbons (Fsp3) is 0.647. The van der Waals surface area contributed by atoms with Crippen LogP contribution in [-0.2, 0) is 4.74 Å². The van der Waals surface area contributed by atoms with Crippen LogP contribution in [-0.4, -0.2) is 50.8 Å². The fourth-order valence-electron chi connectivity index (χ4n) is 3.38. The van der Waals surface area contributed by atoms with Gasteiger partial charge in [-0.25, -0.2) is 0 Å². The van der Waals surface area contributed by atoms with Crippen LogP contribution < -0.4 is 10.1 Å². The van der Waals surface area contributed by atoms with Crippen molar-refractivity contribution in [3.63, 3.8) is 0 Å². The third-order valence-corrected chi connectivity index (χ3v) is 4.54. The Morgan fingerprint density at radius 2 is 2.13 bits per heavy atom. The summed E-state index contributed by atoms with van der Waals surface area (Å²) >= 11 is 0. The molecule has 2 unspecified atom stereocenters. The molecule has 6 heteroatoms. The van der Waals surface area contributed by atoms with Crippen LogP contribution in [0, 0.1) is 5.92 Å². The standard InChI is InChI=1S/C17H24F2N2O2/c18-17(19)23-15-5-3-14(4-6-15)16-12-21(8-9-22-16)11-13-2-1-7-20-10-13/h3-6,13,16-17,20H,1-2,7-12H2. The average molecular weight is 326 g/mol. The lowest BCUT2D eigenvalue weighted by Crippen LogP contribution is -2.44. The van der Waals surface area contributed by atoms with E-state index in [4.69, 9.17) is 4.74 Å². The zero-order valence-electron chi connectivity index (χ0n) is 13.2. The van der Waals surface area contributed by atoms with Crippen LogP contribution in [0.2, 0.25) is 0 Å². The SMILES string of the molecule is FC(F)Oc1ccc(C2CN(CC3CCCNC3)CCO2)cc1. The Labute approximate surface area is 135 Å². The van der Waals surface area contributed by atoms with Crippen LogP contribution in [0.25, 0.3) is 0 Å². The number of halogens is 2. The number of hydrogen-bond donors (Lipinski definition) is 1. The van der Waals surface area contributed by atoms with Crippen LogP contribution in [0.1, 0.15) is 24.5 Å². The third kappa shape index (κ3) is 4.86. The molecule has 1 aromatic rings. The molecule has 0 aliphatic carbocycles. The third-order valence-electron chi connectivity index (χ3n) is 4.54. The smallest absolute Gasteiger partial charge is 0.387 e. The van der Waals surface area contributed by atoms with Crippen LogP contribution in [0.5, 0.6) is 5.75 Å². The highest BCUT2D eigenvalue weighted by Gasteiger charge is 2.24. The summed E-state index contributed by atoms with van der Waals surface area (Å²) in [7, 11) is 0. The lowest BCUT2D eigenvalue weighted by Gasteiger charge is -2.36. The Bertz CT molecular complexity index is 478. The van der Waals surface area contributed by atoms with Gasteiger partial charge in [0.1, 0.15) is 5.75 Å². The van der Waals surface area contributed by atoms with E-state index in [9.17, 15) is 8.78 Å². The molecule has 3 rings (SSSR count). The van der Waals surface area contributed by atoms with Gasteiger partial charge in [0.15, 0.2) is 0 Å². The number of nitrogens with one attached hydrogen (secondary N) is 1. The van der Waals surface area contributed by atoms with E-state index in [0.29, 0.717) is 12.5 Å². The zero-order chi connectivity index (χ0) is 16.1. The number of hydrogen-bond acceptors (Lipinski definition) is 4. The average Bonchev–Trinajstić information content (AvgIpc) is 2.56. The van der Waals surface area contributed by atoms with Crippen molar-refractivity contribution >= 4 is 0 Å². The van der Waals surface area contributed by atoms with Crippen molar-refractivity contribution < 1.29 is 18.3 Å². The Morgan fingerprint density at radius 1 is 1.30 bits per heavy atom. The second kappa shape index (κ2) is 8.04. The number of ether oxygens (including phenoxy) is 2. The normalized spacial score (nSPS) is 26.4. The van der Waals surface area contributed by atoms with Crippen molar-refractivity contribution in [3.8, 4) is 5.75 Å². The van der Waals surface area contributed by atoms with E-state index in [2.05, 4.69) is 15.0 Å². The minimum Gasteiger partial charge on any atom is -0.435 e. The molecule has 128 valence electrons. The van der Waals surface area contributed by atoms with Crippen LogP contribution in [0.3, 0.4) is 0 Å². The molecule has 2 heterocycles. The van der Waals surface area contributed by atoms with Crippen LogP contribution in [0.4, 0.5) is 8.78 Å². The van der Waals surface area contributed by atoms with Gasteiger partial charge in [-0.3, -0.25) is 4.90 Å². The van der Waals surface area contributed by atoms with Crippen LogP contribution >= 0.6 is 0 Å². The second-order valence-electron chi connectivity index (χ2n) is 6.28. The molecule has 0 saturated carbocycles. The van der Waals surface area contributed by atoms with Gasteiger partial charge >= 0.3 is 6.61 Å². The van der Waals surface area contributed by atoms with Gasteiger partial charge in [-0.15, -0.1) is 0 Å². The van der Waals surface area contributed by atoms with E-state index in [1.165, 1.54) is 12.8 Å². The molecule has 2 atom stereocenters. The molecule has 0 spiro atoms. The first-order valence-corrected chi connectivity index (χ1v) is 8.30. The van der Waals surface area contributed by atoms with Crippen molar-refractivity contribution in [2.24, 2.45) is 5.92 Å². The predicted octanol–water partition coefficient (Wildman–Crippen LogP) is 2.66. The van der Waals surface area contributed by atoms with E-state index in [0.717, 1.165) is 38.3 Å². The summed E-state index contributed by atoms with van der Waals surface area (Å²) in [6.07, 6.45) is 2.54. The van der Waals surface area contributed by atoms with Gasteiger partial charge in [-0.05, 0) is 49.5 Å². The van der Waals surface area contributed by atoms with Gasteiger partial charge in [0.25, 0.3) is 0 Å². The number of nitrogens with zero attached hydrogens (tertiary/aromatic N) is 1. The molecule has 1 N–H and O–H groups in total. The molecule has 1 aromatic carbocycles. The molecule has 2 saturated heterocycles. The van der Waals surface area contributed by atoms with E-state index in [-0.39, 0.29) is 11.9 Å². The second-order valence-corrected chi connectivity index (χ2v) is 6.28. The number of piperidine rings is 1. The molecular formula is C17H24F2N2O2. The monoisotopic (exact) mass is 326 g/mol. The molecule has 0 bridgehead atoms. The predicted molar refractivity (Wildman–Crippen MR) is 83.8 cm³/mol. The zero-order valence-corrected chi connectivity index (χ0v) is 13.2. The topological polar surface area (TPSA) is 33.7 Å². The maximum absolute atomic E-state index is 12.2. The maximum atomic E-state index is 12.2. The summed E-state index contributed by atoms with van der Waals surface area (Å²) in [5.74, 6) is 0.897. The highest BCUT2D eigenvalue weighted by atomic mass is 19.3. The lowest BCUT2D eigenvalue weighted by atomic mass is 9.98. The summed E-state index contributed by atoms with van der Waals surface area (Å²) in [4.78, 5) is 2.45. The summed E-state index contributed by atoms with van der Waals surface area (Å²) in [5.41, 5.74) is 1.01. The number of rotatable bonds is 5. The first-order valence-electron chi connectivity index (χ1n) is 8.30. The van der Waals surface area contributed by atoms with E-state index in [1.54, 1.807) is 12.1 Å². The molecule has 0 aromatic heterocycles. The van der Waals surface area contributed by atoms with E-state index >= 15 is 0 Å². The van der Waals surface area contributed by atoms with Crippen molar-refractivity contribution in [1.82, 2.24) is 10.2 Å². The first kappa shape index (κ1) is 16.6. The van der Waals surface area contributed by atoms with Crippen molar-refractivity contribution in [2.75, 3.05) is 39.3 Å². The van der Waals surface area contributed by atoms with Crippen molar-refractivity contribution in [2.45, 2.75) is 25.6 Å². The van der Waals surface area contributed by atoms with Gasteiger partial charge in [-0.1, -0.05) is 12.1 Å². The molecule has 4 nitrogen and oxygen atoms in total. The van der Waals surface area contributed by atoms with Gasteiger partial charge < -0.3 is 14.8 Å². The summed E-state index contributed by atoms with van der Waals surface area (Å²) in [6, 6.07) is 6.78. The number of morpholine rings is 1. The summed E-state index contributed by atoms with van der Waals surface area (Å²) in [5, 5.41) is 3.46. The summed E-state index contributed by atoms with van der Waals surface area (Å²) < 4.78 is 34.6. The molecule has 23 heavy (non-hydrogen) atoms. The molecule has 2 fully saturated rings. The Balaban J connectivity index is 1.55. The highest BCUT2D eigenvalue weighted by Crippen LogP contribution is 2.26. The maximum Gasteiger partial charge on any atom is 0.387 e. The van der Waals surface area contributed by atoms with Gasteiger partial charge in [-0.2, -0.15) is 8.78 Å². The minimum absolute atomic E-state index is 0.000833. The Kier molecular flexibility index (Phi) is 5.80. The fourth-order valence-corrected chi connectivity index (χ4v) is 3.38. The number of benzene rings is 1. The van der Waals surface area contributed by atoms with E-state index < -0.39 is 6.61 Å². The van der Waals surface area contributed by atoms with E-state index in [1.807, 2.05) is 12.1 Å². The lowest BCUT2D eigenvalue weighted by molar-refractivity contribution is -0.0500. The quantitative estimate of drug-likeness (QED) is 0.902. The first-order chi connectivity index (χ1) is 11.2. The van der Waals surface area contributed by atoms with Gasteiger partial charge in [0.05, 0.1) is 12.7 Å². The molecule has 0 amide bonds. The number of alkyl halides is 2. The van der Waals surface area contributed by atoms with Gasteiger partial charge in [0, 0.05) is 19.6 Å². The Morgan fingerprint density at radius 3 is 2.83 bits per heavy atom. The highest BCUT2D eigenvalue weighted by molar-refractivity contribution is 5.29. The van der Waals surface area contributed by atoms with Crippen molar-refractivity contribution in [1.29, 1.82) is 0 Å². The molecule has 2 aliphatic rings. The van der Waals surface area contributed by atoms with Gasteiger partial charge in [0.2, 0.25) is 0 Å². The largest absolute Gasteiger partial charge is 0.435 e. The summed E-state index contributed by atoms with van der Waals surface area (Å²) in [6.45, 7) is 3.06. The van der Waals surface area contributed by atoms with Crippen molar-refractivity contribution in [3.05, 3.63) is 29.8 Å². The molecule has 0 radical (unpaired) electrons. The minimum atomic E-state index is -2.79. The molecule has 2 aliphatic heterocycles.